The van der Waals surface area contributed by atoms with Crippen molar-refractivity contribution in [1.82, 2.24) is 14.7 Å². The van der Waals surface area contributed by atoms with Gasteiger partial charge >= 0.3 is 24.1 Å². The second-order valence-electron chi connectivity index (χ2n) is 9.20. The van der Waals surface area contributed by atoms with E-state index >= 15 is 0 Å². The minimum atomic E-state index is -4.35. The molecule has 13 nitrogen and oxygen atoms in total. The SMILES string of the molecule is COCCC(=O)N1CCCC1c1cc2n(n1)[C@@H](C(F)(F)F)C[C@@H](C)N2.O=C(O)CC(O)(CC(=O)O)C(=O)O. The fourth-order valence-corrected chi connectivity index (χ4v) is 4.36. The molecule has 16 heteroatoms. The monoisotopic (exact) mass is 552 g/mol. The number of carboxylic acids is 3. The van der Waals surface area contributed by atoms with Crippen molar-refractivity contribution >= 4 is 29.6 Å². The fourth-order valence-electron chi connectivity index (χ4n) is 4.36. The average Bonchev–Trinajstić information content (AvgIpc) is 3.42. The zero-order chi connectivity index (χ0) is 28.8. The first-order chi connectivity index (χ1) is 17.6. The summed E-state index contributed by atoms with van der Waals surface area (Å²) >= 11 is 0. The van der Waals surface area contributed by atoms with Crippen molar-refractivity contribution in [3.8, 4) is 0 Å². The summed E-state index contributed by atoms with van der Waals surface area (Å²) in [5.41, 5.74) is -2.22. The highest BCUT2D eigenvalue weighted by Gasteiger charge is 2.46. The summed E-state index contributed by atoms with van der Waals surface area (Å²) < 4.78 is 46.0. The van der Waals surface area contributed by atoms with Crippen LogP contribution in [0.2, 0.25) is 0 Å². The Balaban J connectivity index is 0.000000332. The number of alkyl halides is 3. The van der Waals surface area contributed by atoms with Crippen LogP contribution in [0.5, 0.6) is 0 Å². The van der Waals surface area contributed by atoms with E-state index in [1.165, 1.54) is 7.11 Å². The minimum absolute atomic E-state index is 0.0518. The Morgan fingerprint density at radius 1 is 1.16 bits per heavy atom. The largest absolute Gasteiger partial charge is 0.481 e. The van der Waals surface area contributed by atoms with Crippen LogP contribution in [0.3, 0.4) is 0 Å². The van der Waals surface area contributed by atoms with Gasteiger partial charge in [-0.25, -0.2) is 9.48 Å². The van der Waals surface area contributed by atoms with Crippen molar-refractivity contribution in [3.05, 3.63) is 11.8 Å². The first kappa shape index (κ1) is 30.8. The van der Waals surface area contributed by atoms with Gasteiger partial charge in [-0.2, -0.15) is 18.3 Å². The van der Waals surface area contributed by atoms with E-state index < -0.39 is 48.6 Å². The van der Waals surface area contributed by atoms with E-state index in [0.717, 1.165) is 11.1 Å². The third-order valence-electron chi connectivity index (χ3n) is 6.12. The van der Waals surface area contributed by atoms with Gasteiger partial charge in [0.25, 0.3) is 0 Å². The Hall–Kier alpha value is -3.40. The van der Waals surface area contributed by atoms with Crippen molar-refractivity contribution in [2.45, 2.75) is 75.4 Å². The molecule has 3 rings (SSSR count). The summed E-state index contributed by atoms with van der Waals surface area (Å²) in [7, 11) is 1.53. The molecule has 0 aromatic carbocycles. The van der Waals surface area contributed by atoms with Gasteiger partial charge in [0.05, 0.1) is 37.6 Å². The zero-order valence-corrected chi connectivity index (χ0v) is 20.8. The van der Waals surface area contributed by atoms with E-state index in [9.17, 15) is 32.3 Å². The van der Waals surface area contributed by atoms with Crippen LogP contribution in [0, 0.1) is 0 Å². The van der Waals surface area contributed by atoms with Crippen molar-refractivity contribution < 1.29 is 57.5 Å². The van der Waals surface area contributed by atoms with E-state index in [1.807, 2.05) is 0 Å². The number of fused-ring (bicyclic) bond motifs is 1. The van der Waals surface area contributed by atoms with E-state index in [4.69, 9.17) is 25.2 Å². The van der Waals surface area contributed by atoms with Crippen LogP contribution in [0.4, 0.5) is 19.0 Å². The van der Waals surface area contributed by atoms with Gasteiger partial charge in [0.2, 0.25) is 5.91 Å². The molecule has 2 aliphatic heterocycles. The number of carbonyl (C=O) groups excluding carboxylic acids is 1. The maximum Gasteiger partial charge on any atom is 0.410 e. The van der Waals surface area contributed by atoms with Gasteiger partial charge in [-0.15, -0.1) is 0 Å². The van der Waals surface area contributed by atoms with E-state index in [-0.39, 0.29) is 30.8 Å². The number of carbonyl (C=O) groups is 4. The second-order valence-corrected chi connectivity index (χ2v) is 9.20. The van der Waals surface area contributed by atoms with Gasteiger partial charge in [-0.1, -0.05) is 0 Å². The van der Waals surface area contributed by atoms with Crippen molar-refractivity contribution in [3.63, 3.8) is 0 Å². The van der Waals surface area contributed by atoms with Gasteiger partial charge in [0, 0.05) is 25.8 Å². The summed E-state index contributed by atoms with van der Waals surface area (Å²) in [6.45, 7) is 2.66. The van der Waals surface area contributed by atoms with Crippen molar-refractivity contribution in [2.75, 3.05) is 25.6 Å². The second kappa shape index (κ2) is 12.4. The number of anilines is 1. The number of hydrogen-bond acceptors (Lipinski definition) is 8. The molecule has 2 aliphatic rings. The van der Waals surface area contributed by atoms with Gasteiger partial charge in [-0.3, -0.25) is 14.4 Å². The molecular formula is C22H31F3N4O9. The third-order valence-corrected chi connectivity index (χ3v) is 6.12. The number of carboxylic acid groups (broad SMARTS) is 3. The highest BCUT2D eigenvalue weighted by atomic mass is 19.4. The van der Waals surface area contributed by atoms with Crippen LogP contribution >= 0.6 is 0 Å². The summed E-state index contributed by atoms with van der Waals surface area (Å²) in [5, 5.41) is 41.1. The molecular weight excluding hydrogens is 521 g/mol. The molecule has 1 unspecified atom stereocenters. The Labute approximate surface area is 215 Å². The smallest absolute Gasteiger partial charge is 0.410 e. The molecule has 0 aliphatic carbocycles. The third kappa shape index (κ3) is 7.80. The Morgan fingerprint density at radius 3 is 2.26 bits per heavy atom. The number of rotatable bonds is 9. The fraction of sp³-hybridized carbons (Fsp3) is 0.682. The van der Waals surface area contributed by atoms with Crippen LogP contribution in [0.25, 0.3) is 0 Å². The van der Waals surface area contributed by atoms with E-state index in [0.29, 0.717) is 31.1 Å². The van der Waals surface area contributed by atoms with Crippen LogP contribution in [-0.4, -0.2) is 97.0 Å². The minimum Gasteiger partial charge on any atom is -0.481 e. The number of nitrogens with zero attached hydrogens (tertiary/aromatic N) is 3. The molecule has 0 bridgehead atoms. The number of aromatic nitrogens is 2. The van der Waals surface area contributed by atoms with Gasteiger partial charge in [-0.05, 0) is 26.2 Å². The van der Waals surface area contributed by atoms with E-state index in [1.54, 1.807) is 17.9 Å². The van der Waals surface area contributed by atoms with Gasteiger partial charge in [0.1, 0.15) is 5.82 Å². The number of hydrogen-bond donors (Lipinski definition) is 5. The highest BCUT2D eigenvalue weighted by molar-refractivity contribution is 5.88. The zero-order valence-electron chi connectivity index (χ0n) is 20.8. The van der Waals surface area contributed by atoms with E-state index in [2.05, 4.69) is 10.4 Å². The van der Waals surface area contributed by atoms with Crippen LogP contribution in [-0.2, 0) is 23.9 Å². The lowest BCUT2D eigenvalue weighted by atomic mass is 9.96. The Morgan fingerprint density at radius 2 is 1.76 bits per heavy atom. The molecule has 214 valence electrons. The number of amides is 1. The van der Waals surface area contributed by atoms with Gasteiger partial charge < -0.3 is 35.4 Å². The first-order valence-corrected chi connectivity index (χ1v) is 11.7. The molecule has 1 amide bonds. The standard InChI is InChI=1S/C16H23F3N4O2.C6H8O7/c1-10-8-13(16(17,18)19)23-14(20-10)9-11(21-23)12-4-3-6-22(12)15(24)5-7-25-2;7-3(8)1-6(13,5(11)12)2-4(9)10/h9-10,12-13,20H,3-8H2,1-2H3;13H,1-2H2,(H,7,8)(H,9,10)(H,11,12)/t10-,12?,13-;/m1./s1. The number of ether oxygens (including phenoxy) is 1. The van der Waals surface area contributed by atoms with Crippen LogP contribution in [0.15, 0.2) is 6.07 Å². The lowest BCUT2D eigenvalue weighted by Gasteiger charge is -2.31. The number of likely N-dealkylation sites (tertiary alicyclic amines) is 1. The summed E-state index contributed by atoms with van der Waals surface area (Å²) in [5.74, 6) is -4.70. The Kier molecular flexibility index (Phi) is 10.1. The molecule has 0 saturated carbocycles. The maximum atomic E-state index is 13.4. The molecule has 1 fully saturated rings. The summed E-state index contributed by atoms with van der Waals surface area (Å²) in [6, 6.07) is -0.534. The average molecular weight is 553 g/mol. The predicted octanol–water partition coefficient (Wildman–Crippen LogP) is 1.64. The number of nitrogens with one attached hydrogen (secondary N) is 1. The molecule has 1 aromatic rings. The molecule has 5 N–H and O–H groups in total. The molecule has 0 spiro atoms. The quantitative estimate of drug-likeness (QED) is 0.299. The number of aliphatic carboxylic acids is 3. The number of halogens is 3. The highest BCUT2D eigenvalue weighted by Crippen LogP contribution is 2.41. The molecule has 38 heavy (non-hydrogen) atoms. The molecule has 1 aromatic heterocycles. The molecule has 3 heterocycles. The van der Waals surface area contributed by atoms with Crippen LogP contribution in [0.1, 0.15) is 63.2 Å². The number of aliphatic hydroxyl groups is 1. The van der Waals surface area contributed by atoms with Crippen LogP contribution < -0.4 is 5.32 Å². The van der Waals surface area contributed by atoms with Crippen molar-refractivity contribution in [1.29, 1.82) is 0 Å². The van der Waals surface area contributed by atoms with Crippen molar-refractivity contribution in [2.24, 2.45) is 0 Å². The van der Waals surface area contributed by atoms with Gasteiger partial charge in [0.15, 0.2) is 11.6 Å². The topological polar surface area (TPSA) is 192 Å². The summed E-state index contributed by atoms with van der Waals surface area (Å²) in [6.07, 6.45) is -4.90. The lowest BCUT2D eigenvalue weighted by Crippen LogP contribution is -2.42. The lowest BCUT2D eigenvalue weighted by molar-refractivity contribution is -0.173. The molecule has 0 radical (unpaired) electrons. The molecule has 1 saturated heterocycles. The normalized spacial score (nSPS) is 21.1. The first-order valence-electron chi connectivity index (χ1n) is 11.7. The maximum absolute atomic E-state index is 13.4. The summed E-state index contributed by atoms with van der Waals surface area (Å²) in [4.78, 5) is 44.5. The molecule has 3 atom stereocenters. The predicted molar refractivity (Wildman–Crippen MR) is 122 cm³/mol. The Bertz CT molecular complexity index is 1010. The number of methoxy groups -OCH3 is 1.